The Bertz CT molecular complexity index is 430. The highest BCUT2D eigenvalue weighted by Crippen LogP contribution is 2.17. The minimum atomic E-state index is -0.788. The van der Waals surface area contributed by atoms with Crippen LogP contribution in [0.4, 0.5) is 0 Å². The number of carbonyl (C=O) groups is 1. The second-order valence-corrected chi connectivity index (χ2v) is 5.52. The van der Waals surface area contributed by atoms with Crippen molar-refractivity contribution < 1.29 is 14.6 Å². The number of ether oxygens (including phenoxy) is 1. The molecular formula is C17H27NO3. The average Bonchev–Trinajstić information content (AvgIpc) is 2.50. The maximum absolute atomic E-state index is 11.0. The third kappa shape index (κ3) is 5.48. The molecule has 118 valence electrons. The zero-order valence-electron chi connectivity index (χ0n) is 13.5. The van der Waals surface area contributed by atoms with Gasteiger partial charge in [-0.25, -0.2) is 0 Å². The van der Waals surface area contributed by atoms with E-state index >= 15 is 0 Å². The lowest BCUT2D eigenvalue weighted by atomic mass is 10.00. The van der Waals surface area contributed by atoms with E-state index in [-0.39, 0.29) is 0 Å². The molecule has 0 saturated heterocycles. The van der Waals surface area contributed by atoms with Gasteiger partial charge in [0.1, 0.15) is 0 Å². The van der Waals surface area contributed by atoms with Crippen LogP contribution in [0.1, 0.15) is 44.2 Å². The van der Waals surface area contributed by atoms with Gasteiger partial charge in [0.05, 0.1) is 12.5 Å². The van der Waals surface area contributed by atoms with Crippen LogP contribution in [0.15, 0.2) is 24.3 Å². The second kappa shape index (κ2) is 8.80. The van der Waals surface area contributed by atoms with Gasteiger partial charge in [-0.1, -0.05) is 31.2 Å². The number of nitrogens with zero attached hydrogens (tertiary/aromatic N) is 1. The van der Waals surface area contributed by atoms with E-state index in [1.54, 1.807) is 14.0 Å². The van der Waals surface area contributed by atoms with Gasteiger partial charge in [-0.15, -0.1) is 0 Å². The summed E-state index contributed by atoms with van der Waals surface area (Å²) in [5.41, 5.74) is 2.05. The van der Waals surface area contributed by atoms with Crippen LogP contribution in [0.2, 0.25) is 0 Å². The topological polar surface area (TPSA) is 49.8 Å². The molecule has 0 radical (unpaired) electrons. The van der Waals surface area contributed by atoms with Gasteiger partial charge in [0.25, 0.3) is 0 Å². The summed E-state index contributed by atoms with van der Waals surface area (Å²) in [5, 5.41) is 9.03. The number of hydrogen-bond donors (Lipinski definition) is 1. The molecule has 1 aromatic carbocycles. The number of rotatable bonds is 9. The van der Waals surface area contributed by atoms with Gasteiger partial charge in [-0.05, 0) is 31.4 Å². The van der Waals surface area contributed by atoms with Crippen LogP contribution in [0.5, 0.6) is 0 Å². The van der Waals surface area contributed by atoms with Gasteiger partial charge in [0.2, 0.25) is 0 Å². The molecule has 2 atom stereocenters. The number of carboxylic acids is 1. The van der Waals surface area contributed by atoms with Crippen LogP contribution >= 0.6 is 0 Å². The summed E-state index contributed by atoms with van der Waals surface area (Å²) in [4.78, 5) is 13.4. The molecule has 2 unspecified atom stereocenters. The van der Waals surface area contributed by atoms with Crippen LogP contribution < -0.4 is 0 Å². The highest BCUT2D eigenvalue weighted by atomic mass is 16.5. The Morgan fingerprint density at radius 3 is 2.38 bits per heavy atom. The van der Waals surface area contributed by atoms with Gasteiger partial charge in [-0.3, -0.25) is 9.69 Å². The zero-order chi connectivity index (χ0) is 15.8. The maximum atomic E-state index is 11.0. The minimum Gasteiger partial charge on any atom is -0.481 e. The summed E-state index contributed by atoms with van der Waals surface area (Å²) in [5.74, 6) is -1.25. The number of hydrogen-bond acceptors (Lipinski definition) is 3. The summed E-state index contributed by atoms with van der Waals surface area (Å²) in [6, 6.07) is 8.38. The molecule has 0 aliphatic heterocycles. The summed E-state index contributed by atoms with van der Waals surface area (Å²) in [6.07, 6.45) is 1.10. The lowest BCUT2D eigenvalue weighted by molar-refractivity contribution is -0.138. The predicted molar refractivity (Wildman–Crippen MR) is 84.5 cm³/mol. The number of benzene rings is 1. The van der Waals surface area contributed by atoms with E-state index in [1.807, 2.05) is 24.3 Å². The molecule has 0 aromatic heterocycles. The van der Waals surface area contributed by atoms with Crippen LogP contribution in [-0.4, -0.2) is 42.3 Å². The molecule has 0 bridgehead atoms. The SMILES string of the molecule is CCC(C)N(CCOC)Cc1ccc(C(C)C(=O)O)cc1. The van der Waals surface area contributed by atoms with Gasteiger partial charge in [0, 0.05) is 26.2 Å². The lowest BCUT2D eigenvalue weighted by Crippen LogP contribution is -2.34. The molecule has 4 nitrogen and oxygen atoms in total. The van der Waals surface area contributed by atoms with Gasteiger partial charge in [-0.2, -0.15) is 0 Å². The summed E-state index contributed by atoms with van der Waals surface area (Å²) >= 11 is 0. The van der Waals surface area contributed by atoms with Gasteiger partial charge in [0.15, 0.2) is 0 Å². The van der Waals surface area contributed by atoms with Crippen molar-refractivity contribution >= 4 is 5.97 Å². The Hall–Kier alpha value is -1.39. The van der Waals surface area contributed by atoms with Crippen molar-refractivity contribution in [3.8, 4) is 0 Å². The van der Waals surface area contributed by atoms with E-state index in [9.17, 15) is 4.79 Å². The Kier molecular flexibility index (Phi) is 7.40. The van der Waals surface area contributed by atoms with Crippen molar-refractivity contribution in [2.24, 2.45) is 0 Å². The van der Waals surface area contributed by atoms with Crippen LogP contribution in [0.3, 0.4) is 0 Å². The van der Waals surface area contributed by atoms with E-state index in [2.05, 4.69) is 18.7 Å². The summed E-state index contributed by atoms with van der Waals surface area (Å²) in [7, 11) is 1.72. The van der Waals surface area contributed by atoms with Crippen molar-refractivity contribution in [1.29, 1.82) is 0 Å². The van der Waals surface area contributed by atoms with E-state index in [1.165, 1.54) is 5.56 Å². The van der Waals surface area contributed by atoms with E-state index in [0.717, 1.165) is 31.7 Å². The molecule has 0 fully saturated rings. The van der Waals surface area contributed by atoms with Gasteiger partial charge >= 0.3 is 5.97 Å². The third-order valence-electron chi connectivity index (χ3n) is 4.03. The first-order chi connectivity index (χ1) is 9.99. The third-order valence-corrected chi connectivity index (χ3v) is 4.03. The van der Waals surface area contributed by atoms with Crippen molar-refractivity contribution in [2.75, 3.05) is 20.3 Å². The molecule has 4 heteroatoms. The molecule has 1 aromatic rings. The Labute approximate surface area is 127 Å². The van der Waals surface area contributed by atoms with Crippen LogP contribution in [-0.2, 0) is 16.1 Å². The minimum absolute atomic E-state index is 0.460. The standard InChI is InChI=1S/C17H27NO3/c1-5-13(2)18(10-11-21-4)12-15-6-8-16(9-7-15)14(3)17(19)20/h6-9,13-14H,5,10-12H2,1-4H3,(H,19,20). The monoisotopic (exact) mass is 293 g/mol. The first-order valence-electron chi connectivity index (χ1n) is 7.54. The molecule has 0 amide bonds. The molecule has 0 aliphatic carbocycles. The molecule has 0 heterocycles. The molecule has 0 aliphatic rings. The quantitative estimate of drug-likeness (QED) is 0.760. The fraction of sp³-hybridized carbons (Fsp3) is 0.588. The molecule has 0 spiro atoms. The largest absolute Gasteiger partial charge is 0.481 e. The number of aliphatic carboxylic acids is 1. The lowest BCUT2D eigenvalue weighted by Gasteiger charge is -2.28. The number of carboxylic acid groups (broad SMARTS) is 1. The molecule has 0 saturated carbocycles. The second-order valence-electron chi connectivity index (χ2n) is 5.52. The van der Waals surface area contributed by atoms with E-state index in [4.69, 9.17) is 9.84 Å². The fourth-order valence-electron chi connectivity index (χ4n) is 2.21. The first-order valence-corrected chi connectivity index (χ1v) is 7.54. The molecular weight excluding hydrogens is 266 g/mol. The molecule has 1 N–H and O–H groups in total. The van der Waals surface area contributed by atoms with Crippen LogP contribution in [0.25, 0.3) is 0 Å². The van der Waals surface area contributed by atoms with Gasteiger partial charge < -0.3 is 9.84 Å². The Balaban J connectivity index is 2.73. The normalized spacial score (nSPS) is 14.1. The maximum Gasteiger partial charge on any atom is 0.310 e. The Morgan fingerprint density at radius 1 is 1.29 bits per heavy atom. The summed E-state index contributed by atoms with van der Waals surface area (Å²) < 4.78 is 5.17. The van der Waals surface area contributed by atoms with Crippen LogP contribution in [0, 0.1) is 0 Å². The molecule has 1 rings (SSSR count). The highest BCUT2D eigenvalue weighted by Gasteiger charge is 2.15. The van der Waals surface area contributed by atoms with Crippen molar-refractivity contribution in [1.82, 2.24) is 4.90 Å². The van der Waals surface area contributed by atoms with E-state index < -0.39 is 11.9 Å². The first kappa shape index (κ1) is 17.7. The van der Waals surface area contributed by atoms with Crippen molar-refractivity contribution in [3.05, 3.63) is 35.4 Å². The van der Waals surface area contributed by atoms with Crippen molar-refractivity contribution in [3.63, 3.8) is 0 Å². The fourth-order valence-corrected chi connectivity index (χ4v) is 2.21. The smallest absolute Gasteiger partial charge is 0.310 e. The number of methoxy groups -OCH3 is 1. The Morgan fingerprint density at radius 2 is 1.90 bits per heavy atom. The molecule has 21 heavy (non-hydrogen) atoms. The highest BCUT2D eigenvalue weighted by molar-refractivity contribution is 5.75. The van der Waals surface area contributed by atoms with Crippen molar-refractivity contribution in [2.45, 2.75) is 45.7 Å². The average molecular weight is 293 g/mol. The summed E-state index contributed by atoms with van der Waals surface area (Å²) in [6.45, 7) is 8.59. The predicted octanol–water partition coefficient (Wildman–Crippen LogP) is 3.12. The van der Waals surface area contributed by atoms with E-state index in [0.29, 0.717) is 6.04 Å². The zero-order valence-corrected chi connectivity index (χ0v) is 13.5.